The number of phenols is 1. The lowest BCUT2D eigenvalue weighted by molar-refractivity contribution is -0.121. The van der Waals surface area contributed by atoms with Crippen molar-refractivity contribution >= 4 is 34.6 Å². The molecule has 4 nitrogen and oxygen atoms in total. The minimum absolute atomic E-state index is 0.169. The van der Waals surface area contributed by atoms with Crippen molar-refractivity contribution in [3.05, 3.63) is 78.0 Å². The van der Waals surface area contributed by atoms with Gasteiger partial charge in [0.2, 0.25) is 0 Å². The standard InChI is InChI=1S/C22H19NO3/c1-23-15-17(21-4-2-3-5-22(21)23)9-13-20(26)14-19(25)12-8-16-6-10-18(24)11-7-16/h2-13,15,24H,14H2,1H3. The van der Waals surface area contributed by atoms with Crippen LogP contribution in [0.5, 0.6) is 5.75 Å². The Hall–Kier alpha value is -3.40. The number of para-hydroxylation sites is 1. The molecule has 1 heterocycles. The lowest BCUT2D eigenvalue weighted by Crippen LogP contribution is -2.01. The van der Waals surface area contributed by atoms with Gasteiger partial charge in [-0.2, -0.15) is 0 Å². The first-order valence-corrected chi connectivity index (χ1v) is 8.28. The van der Waals surface area contributed by atoms with Gasteiger partial charge in [0.05, 0.1) is 6.42 Å². The number of fused-ring (bicyclic) bond motifs is 1. The van der Waals surface area contributed by atoms with Crippen molar-refractivity contribution in [2.24, 2.45) is 7.05 Å². The Kier molecular flexibility index (Phi) is 5.13. The number of aryl methyl sites for hydroxylation is 1. The summed E-state index contributed by atoms with van der Waals surface area (Å²) in [6.07, 6.45) is 8.01. The van der Waals surface area contributed by atoms with E-state index < -0.39 is 0 Å². The molecule has 0 saturated carbocycles. The molecule has 0 spiro atoms. The van der Waals surface area contributed by atoms with Crippen LogP contribution in [0.15, 0.2) is 66.9 Å². The van der Waals surface area contributed by atoms with E-state index in [9.17, 15) is 14.7 Å². The summed E-state index contributed by atoms with van der Waals surface area (Å²) < 4.78 is 2.00. The van der Waals surface area contributed by atoms with Gasteiger partial charge in [-0.05, 0) is 42.0 Å². The van der Waals surface area contributed by atoms with Crippen molar-refractivity contribution in [1.82, 2.24) is 4.57 Å². The summed E-state index contributed by atoms with van der Waals surface area (Å²) in [5.41, 5.74) is 2.82. The van der Waals surface area contributed by atoms with E-state index >= 15 is 0 Å². The van der Waals surface area contributed by atoms with Crippen LogP contribution in [0, 0.1) is 0 Å². The molecule has 0 bridgehead atoms. The third kappa shape index (κ3) is 4.16. The number of carbonyl (C=O) groups excluding carboxylic acids is 2. The molecule has 0 atom stereocenters. The molecule has 0 saturated heterocycles. The fraction of sp³-hybridized carbons (Fsp3) is 0.0909. The normalized spacial score (nSPS) is 11.6. The molecule has 0 unspecified atom stereocenters. The Morgan fingerprint density at radius 2 is 1.62 bits per heavy atom. The van der Waals surface area contributed by atoms with Crippen LogP contribution in [0.3, 0.4) is 0 Å². The van der Waals surface area contributed by atoms with Crippen LogP contribution in [0.1, 0.15) is 17.5 Å². The smallest absolute Gasteiger partial charge is 0.163 e. The van der Waals surface area contributed by atoms with Crippen molar-refractivity contribution in [3.63, 3.8) is 0 Å². The van der Waals surface area contributed by atoms with Crippen molar-refractivity contribution in [3.8, 4) is 5.75 Å². The van der Waals surface area contributed by atoms with E-state index in [0.29, 0.717) is 0 Å². The zero-order chi connectivity index (χ0) is 18.5. The molecule has 0 fully saturated rings. The van der Waals surface area contributed by atoms with Gasteiger partial charge in [0.25, 0.3) is 0 Å². The molecule has 130 valence electrons. The second-order valence-electron chi connectivity index (χ2n) is 6.08. The molecule has 3 rings (SSSR count). The molecule has 4 heteroatoms. The molecule has 0 radical (unpaired) electrons. The highest BCUT2D eigenvalue weighted by Gasteiger charge is 2.06. The van der Waals surface area contributed by atoms with Crippen LogP contribution in [0.2, 0.25) is 0 Å². The van der Waals surface area contributed by atoms with Gasteiger partial charge < -0.3 is 9.67 Å². The van der Waals surface area contributed by atoms with Crippen LogP contribution in [-0.2, 0) is 16.6 Å². The first-order chi connectivity index (χ1) is 12.5. The third-order valence-electron chi connectivity index (χ3n) is 4.08. The van der Waals surface area contributed by atoms with Gasteiger partial charge in [-0.1, -0.05) is 36.4 Å². The van der Waals surface area contributed by atoms with Crippen molar-refractivity contribution in [2.45, 2.75) is 6.42 Å². The van der Waals surface area contributed by atoms with E-state index in [1.165, 1.54) is 12.2 Å². The number of phenolic OH excluding ortho intramolecular Hbond substituents is 1. The number of hydrogen-bond donors (Lipinski definition) is 1. The van der Waals surface area contributed by atoms with E-state index in [1.807, 2.05) is 42.1 Å². The van der Waals surface area contributed by atoms with Gasteiger partial charge in [0.1, 0.15) is 5.75 Å². The predicted octanol–water partition coefficient (Wildman–Crippen LogP) is 4.14. The predicted molar refractivity (Wildman–Crippen MR) is 104 cm³/mol. The van der Waals surface area contributed by atoms with Crippen LogP contribution >= 0.6 is 0 Å². The second kappa shape index (κ2) is 7.66. The fourth-order valence-electron chi connectivity index (χ4n) is 2.75. The van der Waals surface area contributed by atoms with E-state index in [1.54, 1.807) is 36.4 Å². The number of hydrogen-bond acceptors (Lipinski definition) is 3. The molecule has 0 aliphatic carbocycles. The maximum atomic E-state index is 12.0. The second-order valence-corrected chi connectivity index (χ2v) is 6.08. The molecule has 1 N–H and O–H groups in total. The van der Waals surface area contributed by atoms with E-state index in [2.05, 4.69) is 0 Å². The van der Waals surface area contributed by atoms with Crippen LogP contribution in [0.4, 0.5) is 0 Å². The van der Waals surface area contributed by atoms with Gasteiger partial charge in [-0.25, -0.2) is 0 Å². The molecule has 0 amide bonds. The highest BCUT2D eigenvalue weighted by Crippen LogP contribution is 2.21. The Morgan fingerprint density at radius 1 is 0.962 bits per heavy atom. The summed E-state index contributed by atoms with van der Waals surface area (Å²) in [6, 6.07) is 14.4. The van der Waals surface area contributed by atoms with Crippen molar-refractivity contribution < 1.29 is 14.7 Å². The van der Waals surface area contributed by atoms with Crippen LogP contribution in [0.25, 0.3) is 23.1 Å². The first kappa shape index (κ1) is 17.4. The van der Waals surface area contributed by atoms with E-state index in [4.69, 9.17) is 0 Å². The van der Waals surface area contributed by atoms with E-state index in [-0.39, 0.29) is 23.7 Å². The number of nitrogens with zero attached hydrogens (tertiary/aromatic N) is 1. The first-order valence-electron chi connectivity index (χ1n) is 8.28. The summed E-state index contributed by atoms with van der Waals surface area (Å²) in [5.74, 6) is -0.328. The van der Waals surface area contributed by atoms with Gasteiger partial charge in [0, 0.05) is 29.7 Å². The molecular weight excluding hydrogens is 326 g/mol. The maximum absolute atomic E-state index is 12.0. The lowest BCUT2D eigenvalue weighted by Gasteiger charge is -1.95. The highest BCUT2D eigenvalue weighted by molar-refractivity contribution is 6.11. The Morgan fingerprint density at radius 3 is 2.35 bits per heavy atom. The fourth-order valence-corrected chi connectivity index (χ4v) is 2.75. The number of carbonyl (C=O) groups is 2. The molecule has 26 heavy (non-hydrogen) atoms. The summed E-state index contributed by atoms with van der Waals surface area (Å²) >= 11 is 0. The third-order valence-corrected chi connectivity index (χ3v) is 4.08. The molecule has 0 aliphatic rings. The van der Waals surface area contributed by atoms with Gasteiger partial charge >= 0.3 is 0 Å². The van der Waals surface area contributed by atoms with Gasteiger partial charge in [0.15, 0.2) is 11.6 Å². The average molecular weight is 345 g/mol. The minimum Gasteiger partial charge on any atom is -0.508 e. The SMILES string of the molecule is Cn1cc(C=CC(=O)CC(=O)C=Cc2ccc(O)cc2)c2ccccc21. The quantitative estimate of drug-likeness (QED) is 0.539. The number of benzene rings is 2. The summed E-state index contributed by atoms with van der Waals surface area (Å²) in [4.78, 5) is 24.0. The van der Waals surface area contributed by atoms with Gasteiger partial charge in [-0.15, -0.1) is 0 Å². The van der Waals surface area contributed by atoms with Crippen molar-refractivity contribution in [2.75, 3.05) is 0 Å². The largest absolute Gasteiger partial charge is 0.508 e. The number of allylic oxidation sites excluding steroid dienone is 2. The molecular formula is C22H19NO3. The summed E-state index contributed by atoms with van der Waals surface area (Å²) in [6.45, 7) is 0. The number of ketones is 2. The number of rotatable bonds is 6. The lowest BCUT2D eigenvalue weighted by atomic mass is 10.1. The molecule has 3 aromatic rings. The summed E-state index contributed by atoms with van der Waals surface area (Å²) in [5, 5.41) is 10.3. The zero-order valence-electron chi connectivity index (χ0n) is 14.4. The van der Waals surface area contributed by atoms with Crippen LogP contribution < -0.4 is 0 Å². The monoisotopic (exact) mass is 345 g/mol. The minimum atomic E-state index is -0.259. The highest BCUT2D eigenvalue weighted by atomic mass is 16.3. The Balaban J connectivity index is 1.63. The van der Waals surface area contributed by atoms with Crippen LogP contribution in [-0.4, -0.2) is 21.2 Å². The summed E-state index contributed by atoms with van der Waals surface area (Å²) in [7, 11) is 1.96. The Labute approximate surface area is 151 Å². The topological polar surface area (TPSA) is 59.3 Å². The number of aromatic nitrogens is 1. The molecule has 1 aromatic heterocycles. The van der Waals surface area contributed by atoms with Gasteiger partial charge in [-0.3, -0.25) is 9.59 Å². The molecule has 2 aromatic carbocycles. The average Bonchev–Trinajstić information content (AvgIpc) is 2.96. The van der Waals surface area contributed by atoms with Crippen molar-refractivity contribution in [1.29, 1.82) is 0 Å². The zero-order valence-corrected chi connectivity index (χ0v) is 14.4. The molecule has 0 aliphatic heterocycles. The Bertz CT molecular complexity index is 1010. The van der Waals surface area contributed by atoms with E-state index in [0.717, 1.165) is 22.0 Å². The number of aromatic hydroxyl groups is 1. The maximum Gasteiger partial charge on any atom is 0.163 e.